The summed E-state index contributed by atoms with van der Waals surface area (Å²) in [6.45, 7) is 1.96. The maximum Gasteiger partial charge on any atom is 0.346 e. The van der Waals surface area contributed by atoms with Crippen LogP contribution in [0.3, 0.4) is 0 Å². The van der Waals surface area contributed by atoms with E-state index in [0.717, 1.165) is 11.3 Å². The highest BCUT2D eigenvalue weighted by Crippen LogP contribution is 2.16. The van der Waals surface area contributed by atoms with E-state index in [2.05, 4.69) is 15.0 Å². The summed E-state index contributed by atoms with van der Waals surface area (Å²) >= 11 is 0. The molecule has 3 rings (SSSR count). The van der Waals surface area contributed by atoms with E-state index >= 15 is 0 Å². The van der Waals surface area contributed by atoms with E-state index in [9.17, 15) is 4.79 Å². The lowest BCUT2D eigenvalue weighted by molar-refractivity contribution is 0.0727. The Bertz CT molecular complexity index is 896. The number of esters is 1. The summed E-state index contributed by atoms with van der Waals surface area (Å²) in [5, 5.41) is 8.71. The van der Waals surface area contributed by atoms with Crippen LogP contribution in [-0.2, 0) is 0 Å². The van der Waals surface area contributed by atoms with Crippen molar-refractivity contribution in [2.75, 3.05) is 0 Å². The van der Waals surface area contributed by atoms with Crippen LogP contribution >= 0.6 is 0 Å². The zero-order valence-electron chi connectivity index (χ0n) is 12.8. The quantitative estimate of drug-likeness (QED) is 0.690. The monoisotopic (exact) mass is 316 g/mol. The number of carbonyl (C=O) groups excluding carboxylic acids is 1. The van der Waals surface area contributed by atoms with Crippen molar-refractivity contribution in [2.45, 2.75) is 6.92 Å². The molecular formula is C18H12N4O2. The minimum absolute atomic E-state index is 0.128. The predicted octanol–water partition coefficient (Wildman–Crippen LogP) is 2.94. The molecule has 0 fully saturated rings. The number of aromatic nitrogens is 3. The SMILES string of the molecule is Cc1ccc(-c2ccc(C(=O)Oc3ccc(C#N)cn3)cn2)nc1. The summed E-state index contributed by atoms with van der Waals surface area (Å²) in [6.07, 6.45) is 4.53. The standard InChI is InChI=1S/C18H12N4O2/c1-12-2-5-15(20-9-12)16-6-4-14(11-21-16)18(23)24-17-7-3-13(8-19)10-22-17/h2-7,9-11H,1H3. The van der Waals surface area contributed by atoms with Crippen LogP contribution in [0.25, 0.3) is 11.4 Å². The van der Waals surface area contributed by atoms with Crippen molar-refractivity contribution in [3.05, 3.63) is 71.7 Å². The molecule has 24 heavy (non-hydrogen) atoms. The minimum Gasteiger partial charge on any atom is -0.404 e. The van der Waals surface area contributed by atoms with Gasteiger partial charge in [0.2, 0.25) is 5.88 Å². The fourth-order valence-corrected chi connectivity index (χ4v) is 1.95. The Labute approximate surface area is 138 Å². The largest absolute Gasteiger partial charge is 0.404 e. The molecule has 0 aliphatic rings. The molecular weight excluding hydrogens is 304 g/mol. The Morgan fingerprint density at radius 1 is 0.958 bits per heavy atom. The van der Waals surface area contributed by atoms with Crippen LogP contribution in [0.1, 0.15) is 21.5 Å². The lowest BCUT2D eigenvalue weighted by atomic mass is 10.2. The molecule has 0 radical (unpaired) electrons. The fourth-order valence-electron chi connectivity index (χ4n) is 1.95. The van der Waals surface area contributed by atoms with Crippen LogP contribution in [0.5, 0.6) is 5.88 Å². The molecule has 116 valence electrons. The van der Waals surface area contributed by atoms with Gasteiger partial charge < -0.3 is 4.74 Å². The lowest BCUT2D eigenvalue weighted by Crippen LogP contribution is -2.09. The summed E-state index contributed by atoms with van der Waals surface area (Å²) < 4.78 is 5.15. The summed E-state index contributed by atoms with van der Waals surface area (Å²) in [7, 11) is 0. The maximum absolute atomic E-state index is 12.1. The van der Waals surface area contributed by atoms with Gasteiger partial charge in [0.15, 0.2) is 0 Å². The van der Waals surface area contributed by atoms with Crippen LogP contribution in [0.2, 0.25) is 0 Å². The van der Waals surface area contributed by atoms with E-state index in [1.165, 1.54) is 24.5 Å². The van der Waals surface area contributed by atoms with Gasteiger partial charge in [0.1, 0.15) is 6.07 Å². The highest BCUT2D eigenvalue weighted by atomic mass is 16.5. The van der Waals surface area contributed by atoms with Crippen LogP contribution in [0.4, 0.5) is 0 Å². The molecule has 3 aromatic rings. The number of carbonyl (C=O) groups is 1. The molecule has 0 aromatic carbocycles. The molecule has 3 heterocycles. The van der Waals surface area contributed by atoms with Crippen molar-refractivity contribution >= 4 is 5.97 Å². The number of hydrogen-bond donors (Lipinski definition) is 0. The van der Waals surface area contributed by atoms with E-state index in [4.69, 9.17) is 10.00 Å². The van der Waals surface area contributed by atoms with Crippen molar-refractivity contribution in [1.82, 2.24) is 15.0 Å². The Balaban J connectivity index is 1.73. The molecule has 3 aromatic heterocycles. The zero-order chi connectivity index (χ0) is 16.9. The fraction of sp³-hybridized carbons (Fsp3) is 0.0556. The number of pyridine rings is 3. The Morgan fingerprint density at radius 3 is 2.25 bits per heavy atom. The molecule has 0 N–H and O–H groups in total. The summed E-state index contributed by atoms with van der Waals surface area (Å²) in [5.74, 6) is -0.439. The summed E-state index contributed by atoms with van der Waals surface area (Å²) in [5.41, 5.74) is 3.16. The van der Waals surface area contributed by atoms with Gasteiger partial charge >= 0.3 is 5.97 Å². The third-order valence-corrected chi connectivity index (χ3v) is 3.24. The number of nitriles is 1. The number of ether oxygens (including phenoxy) is 1. The molecule has 0 saturated heterocycles. The van der Waals surface area contributed by atoms with E-state index < -0.39 is 5.97 Å². The number of aryl methyl sites for hydroxylation is 1. The van der Waals surface area contributed by atoms with Gasteiger partial charge in [0, 0.05) is 24.7 Å². The number of hydrogen-bond acceptors (Lipinski definition) is 6. The third kappa shape index (κ3) is 3.42. The van der Waals surface area contributed by atoms with Crippen LogP contribution in [0.15, 0.2) is 55.0 Å². The van der Waals surface area contributed by atoms with Crippen molar-refractivity contribution in [2.24, 2.45) is 0 Å². The van der Waals surface area contributed by atoms with Crippen molar-refractivity contribution in [1.29, 1.82) is 5.26 Å². The summed E-state index contributed by atoms with van der Waals surface area (Å²) in [4.78, 5) is 24.5. The van der Waals surface area contributed by atoms with Crippen molar-refractivity contribution in [3.63, 3.8) is 0 Å². The average molecular weight is 316 g/mol. The van der Waals surface area contributed by atoms with Gasteiger partial charge in [-0.1, -0.05) is 6.07 Å². The lowest BCUT2D eigenvalue weighted by Gasteiger charge is -2.04. The highest BCUT2D eigenvalue weighted by molar-refractivity contribution is 5.90. The Morgan fingerprint density at radius 2 is 1.71 bits per heavy atom. The Kier molecular flexibility index (Phi) is 4.25. The molecule has 0 unspecified atom stereocenters. The minimum atomic E-state index is -0.567. The molecule has 0 bridgehead atoms. The van der Waals surface area contributed by atoms with Crippen LogP contribution in [-0.4, -0.2) is 20.9 Å². The first-order valence-corrected chi connectivity index (χ1v) is 7.13. The molecule has 0 atom stereocenters. The van der Waals surface area contributed by atoms with Gasteiger partial charge in [0.25, 0.3) is 0 Å². The molecule has 0 spiro atoms. The van der Waals surface area contributed by atoms with Crippen molar-refractivity contribution in [3.8, 4) is 23.3 Å². The van der Waals surface area contributed by atoms with Gasteiger partial charge in [-0.3, -0.25) is 9.97 Å². The van der Waals surface area contributed by atoms with Crippen LogP contribution in [0, 0.1) is 18.3 Å². The first-order chi connectivity index (χ1) is 11.7. The van der Waals surface area contributed by atoms with Crippen molar-refractivity contribution < 1.29 is 9.53 Å². The van der Waals surface area contributed by atoms with Gasteiger partial charge in [-0.2, -0.15) is 5.26 Å². The van der Waals surface area contributed by atoms with Gasteiger partial charge in [-0.15, -0.1) is 0 Å². The third-order valence-electron chi connectivity index (χ3n) is 3.24. The van der Waals surface area contributed by atoms with E-state index in [-0.39, 0.29) is 5.88 Å². The molecule has 6 nitrogen and oxygen atoms in total. The molecule has 0 aliphatic heterocycles. The second-order valence-electron chi connectivity index (χ2n) is 5.04. The van der Waals surface area contributed by atoms with E-state index in [1.54, 1.807) is 18.3 Å². The first kappa shape index (κ1) is 15.3. The maximum atomic E-state index is 12.1. The van der Waals surface area contributed by atoms with Gasteiger partial charge in [0.05, 0.1) is 22.5 Å². The predicted molar refractivity (Wildman–Crippen MR) is 86.1 cm³/mol. The summed E-state index contributed by atoms with van der Waals surface area (Å²) in [6, 6.07) is 12.1. The van der Waals surface area contributed by atoms with Gasteiger partial charge in [-0.25, -0.2) is 9.78 Å². The first-order valence-electron chi connectivity index (χ1n) is 7.13. The second kappa shape index (κ2) is 6.67. The average Bonchev–Trinajstić information content (AvgIpc) is 2.63. The number of nitrogens with zero attached hydrogens (tertiary/aromatic N) is 4. The number of rotatable bonds is 3. The molecule has 0 saturated carbocycles. The smallest absolute Gasteiger partial charge is 0.346 e. The normalized spacial score (nSPS) is 10.0. The van der Waals surface area contributed by atoms with Gasteiger partial charge in [-0.05, 0) is 36.8 Å². The Hall–Kier alpha value is -3.59. The second-order valence-corrected chi connectivity index (χ2v) is 5.04. The molecule has 6 heteroatoms. The topological polar surface area (TPSA) is 88.8 Å². The molecule has 0 aliphatic carbocycles. The van der Waals surface area contributed by atoms with E-state index in [0.29, 0.717) is 16.8 Å². The zero-order valence-corrected chi connectivity index (χ0v) is 12.8. The van der Waals surface area contributed by atoms with E-state index in [1.807, 2.05) is 25.1 Å². The highest BCUT2D eigenvalue weighted by Gasteiger charge is 2.11. The molecule has 0 amide bonds. The van der Waals surface area contributed by atoms with Crippen LogP contribution < -0.4 is 4.74 Å².